The molecule has 1 aromatic rings. The van der Waals surface area contributed by atoms with Gasteiger partial charge in [-0.2, -0.15) is 0 Å². The van der Waals surface area contributed by atoms with E-state index in [1.807, 2.05) is 0 Å². The highest BCUT2D eigenvalue weighted by Crippen LogP contribution is 2.51. The summed E-state index contributed by atoms with van der Waals surface area (Å²) in [5.74, 6) is 0.923. The van der Waals surface area contributed by atoms with Crippen LogP contribution >= 0.6 is 0 Å². The van der Waals surface area contributed by atoms with Crippen LogP contribution in [0.3, 0.4) is 0 Å². The van der Waals surface area contributed by atoms with E-state index in [9.17, 15) is 4.79 Å². The average Bonchev–Trinajstić information content (AvgIpc) is 3.17. The van der Waals surface area contributed by atoms with Gasteiger partial charge in [0, 0.05) is 12.7 Å². The first-order valence-electron chi connectivity index (χ1n) is 6.36. The summed E-state index contributed by atoms with van der Waals surface area (Å²) in [6.45, 7) is 5.36. The van der Waals surface area contributed by atoms with Gasteiger partial charge in [0.25, 0.3) is 0 Å². The number of nitrogens with zero attached hydrogens (tertiary/aromatic N) is 1. The van der Waals surface area contributed by atoms with Crippen molar-refractivity contribution in [1.29, 1.82) is 0 Å². The van der Waals surface area contributed by atoms with Gasteiger partial charge < -0.3 is 10.1 Å². The van der Waals surface area contributed by atoms with E-state index in [-0.39, 0.29) is 5.97 Å². The molecule has 4 nitrogen and oxygen atoms in total. The fraction of sp³-hybridized carbons (Fsp3) is 0.571. The maximum atomic E-state index is 11.6. The van der Waals surface area contributed by atoms with Gasteiger partial charge in [-0.3, -0.25) is 0 Å². The van der Waals surface area contributed by atoms with Gasteiger partial charge in [0.05, 0.1) is 7.11 Å². The van der Waals surface area contributed by atoms with Gasteiger partial charge in [0.2, 0.25) is 0 Å². The summed E-state index contributed by atoms with van der Waals surface area (Å²) in [4.78, 5) is 15.8. The molecule has 0 atom stereocenters. The smallest absolute Gasteiger partial charge is 0.341 e. The van der Waals surface area contributed by atoms with Crippen molar-refractivity contribution in [3.8, 4) is 0 Å². The Labute approximate surface area is 108 Å². The number of rotatable bonds is 5. The Morgan fingerprint density at radius 1 is 1.56 bits per heavy atom. The van der Waals surface area contributed by atoms with Gasteiger partial charge >= 0.3 is 5.97 Å². The van der Waals surface area contributed by atoms with Gasteiger partial charge in [0.15, 0.2) is 0 Å². The van der Waals surface area contributed by atoms with Crippen LogP contribution in [0.15, 0.2) is 18.3 Å². The van der Waals surface area contributed by atoms with Gasteiger partial charge in [-0.05, 0) is 36.3 Å². The molecule has 1 N–H and O–H groups in total. The number of esters is 1. The summed E-state index contributed by atoms with van der Waals surface area (Å²) >= 11 is 0. The lowest BCUT2D eigenvalue weighted by Crippen LogP contribution is -2.22. The second kappa shape index (κ2) is 4.96. The monoisotopic (exact) mass is 248 g/mol. The van der Waals surface area contributed by atoms with E-state index in [0.29, 0.717) is 22.7 Å². The zero-order valence-corrected chi connectivity index (χ0v) is 11.2. The van der Waals surface area contributed by atoms with E-state index in [1.54, 1.807) is 18.3 Å². The topological polar surface area (TPSA) is 51.2 Å². The first-order valence-corrected chi connectivity index (χ1v) is 6.36. The number of methoxy groups -OCH3 is 1. The van der Waals surface area contributed by atoms with Crippen LogP contribution < -0.4 is 5.32 Å². The molecule has 0 unspecified atom stereocenters. The average molecular weight is 248 g/mol. The second-order valence-electron chi connectivity index (χ2n) is 5.26. The first-order chi connectivity index (χ1) is 8.59. The van der Waals surface area contributed by atoms with Crippen molar-refractivity contribution in [1.82, 2.24) is 4.98 Å². The zero-order valence-electron chi connectivity index (χ0n) is 11.2. The summed E-state index contributed by atoms with van der Waals surface area (Å²) in [5.41, 5.74) is 0.879. The molecule has 1 aliphatic rings. The normalized spacial score (nSPS) is 16.4. The van der Waals surface area contributed by atoms with Gasteiger partial charge in [-0.15, -0.1) is 0 Å². The molecule has 1 aliphatic carbocycles. The second-order valence-corrected chi connectivity index (χ2v) is 5.26. The molecule has 1 saturated carbocycles. The molecular weight excluding hydrogens is 228 g/mol. The third-order valence-corrected chi connectivity index (χ3v) is 3.94. The summed E-state index contributed by atoms with van der Waals surface area (Å²) in [6, 6.07) is 3.48. The Morgan fingerprint density at radius 2 is 2.28 bits per heavy atom. The molecule has 98 valence electrons. The zero-order chi connectivity index (χ0) is 13.2. The third kappa shape index (κ3) is 2.47. The molecule has 1 heterocycles. The van der Waals surface area contributed by atoms with E-state index in [2.05, 4.69) is 24.1 Å². The Bertz CT molecular complexity index is 439. The standard InChI is InChI=1S/C14H20N2O2/c1-10(2)14(6-7-14)9-16-12-11(13(17)18-3)5-4-8-15-12/h4-5,8,10H,6-7,9H2,1-3H3,(H,15,16). The van der Waals surface area contributed by atoms with Crippen molar-refractivity contribution >= 4 is 11.8 Å². The predicted molar refractivity (Wildman–Crippen MR) is 70.6 cm³/mol. The Morgan fingerprint density at radius 3 is 2.83 bits per heavy atom. The van der Waals surface area contributed by atoms with Crippen LogP contribution in [0.4, 0.5) is 5.82 Å². The first kappa shape index (κ1) is 12.9. The number of hydrogen-bond acceptors (Lipinski definition) is 4. The van der Waals surface area contributed by atoms with Crippen molar-refractivity contribution in [3.05, 3.63) is 23.9 Å². The maximum absolute atomic E-state index is 11.6. The Kier molecular flexibility index (Phi) is 3.55. The summed E-state index contributed by atoms with van der Waals surface area (Å²) in [7, 11) is 1.38. The number of ether oxygens (including phenoxy) is 1. The van der Waals surface area contributed by atoms with Crippen LogP contribution in [0.1, 0.15) is 37.0 Å². The highest BCUT2D eigenvalue weighted by Gasteiger charge is 2.45. The molecule has 0 radical (unpaired) electrons. The van der Waals surface area contributed by atoms with Crippen LogP contribution in [0.25, 0.3) is 0 Å². The number of carbonyl (C=O) groups excluding carboxylic acids is 1. The fourth-order valence-corrected chi connectivity index (χ4v) is 2.20. The van der Waals surface area contributed by atoms with Crippen molar-refractivity contribution in [2.75, 3.05) is 19.0 Å². The van der Waals surface area contributed by atoms with Gasteiger partial charge in [-0.1, -0.05) is 13.8 Å². The number of anilines is 1. The molecule has 0 bridgehead atoms. The highest BCUT2D eigenvalue weighted by atomic mass is 16.5. The SMILES string of the molecule is COC(=O)c1cccnc1NCC1(C(C)C)CC1. The van der Waals surface area contributed by atoms with Crippen molar-refractivity contribution in [2.45, 2.75) is 26.7 Å². The van der Waals surface area contributed by atoms with Crippen molar-refractivity contribution in [2.24, 2.45) is 11.3 Å². The van der Waals surface area contributed by atoms with Crippen LogP contribution in [0, 0.1) is 11.3 Å². The molecule has 0 saturated heterocycles. The molecule has 0 amide bonds. The largest absolute Gasteiger partial charge is 0.465 e. The van der Waals surface area contributed by atoms with E-state index in [0.717, 1.165) is 6.54 Å². The van der Waals surface area contributed by atoms with Crippen molar-refractivity contribution < 1.29 is 9.53 Å². The van der Waals surface area contributed by atoms with E-state index >= 15 is 0 Å². The molecule has 0 spiro atoms. The summed E-state index contributed by atoms with van der Waals surface area (Å²) in [6.07, 6.45) is 4.18. The molecule has 0 aromatic carbocycles. The molecule has 4 heteroatoms. The molecule has 18 heavy (non-hydrogen) atoms. The highest BCUT2D eigenvalue weighted by molar-refractivity contribution is 5.94. The van der Waals surface area contributed by atoms with E-state index in [4.69, 9.17) is 4.74 Å². The Balaban J connectivity index is 2.08. The predicted octanol–water partition coefficient (Wildman–Crippen LogP) is 2.72. The van der Waals surface area contributed by atoms with Crippen LogP contribution in [-0.4, -0.2) is 24.6 Å². The lowest BCUT2D eigenvalue weighted by Gasteiger charge is -2.21. The minimum atomic E-state index is -0.347. The molecule has 2 rings (SSSR count). The number of nitrogens with one attached hydrogen (secondary N) is 1. The molecule has 1 aromatic heterocycles. The molecule has 1 fully saturated rings. The number of hydrogen-bond donors (Lipinski definition) is 1. The van der Waals surface area contributed by atoms with Crippen molar-refractivity contribution in [3.63, 3.8) is 0 Å². The molecular formula is C14H20N2O2. The van der Waals surface area contributed by atoms with Crippen LogP contribution in [0.5, 0.6) is 0 Å². The van der Waals surface area contributed by atoms with Crippen LogP contribution in [0.2, 0.25) is 0 Å². The Hall–Kier alpha value is -1.58. The maximum Gasteiger partial charge on any atom is 0.341 e. The van der Waals surface area contributed by atoms with Crippen LogP contribution in [-0.2, 0) is 4.74 Å². The third-order valence-electron chi connectivity index (χ3n) is 3.94. The number of aromatic nitrogens is 1. The number of carbonyl (C=O) groups is 1. The van der Waals surface area contributed by atoms with E-state index in [1.165, 1.54) is 20.0 Å². The van der Waals surface area contributed by atoms with Gasteiger partial charge in [-0.25, -0.2) is 9.78 Å². The lowest BCUT2D eigenvalue weighted by molar-refractivity contribution is 0.0601. The lowest BCUT2D eigenvalue weighted by atomic mass is 9.92. The summed E-state index contributed by atoms with van der Waals surface area (Å²) < 4.78 is 4.75. The van der Waals surface area contributed by atoms with E-state index < -0.39 is 0 Å². The summed E-state index contributed by atoms with van der Waals surface area (Å²) in [5, 5.41) is 3.30. The van der Waals surface area contributed by atoms with Gasteiger partial charge in [0.1, 0.15) is 11.4 Å². The fourth-order valence-electron chi connectivity index (χ4n) is 2.20. The number of pyridine rings is 1. The minimum Gasteiger partial charge on any atom is -0.465 e. The minimum absolute atomic E-state index is 0.347. The quantitative estimate of drug-likeness (QED) is 0.814. The molecule has 0 aliphatic heterocycles.